The lowest BCUT2D eigenvalue weighted by Crippen LogP contribution is -2.52. The molecule has 1 aliphatic rings. The molecule has 1 heterocycles. The number of thioether (sulfide) groups is 1. The average molecular weight is 351 g/mol. The van der Waals surface area contributed by atoms with E-state index < -0.39 is 5.41 Å². The molecule has 0 aliphatic carbocycles. The van der Waals surface area contributed by atoms with Crippen LogP contribution in [0.3, 0.4) is 0 Å². The molecule has 2 rings (SSSR count). The molecule has 1 atom stereocenters. The SMILES string of the molecule is CCOC(=O)C1(CSC)CCCN(C(=O)OCc2ccccc2)C1. The van der Waals surface area contributed by atoms with Crippen LogP contribution in [0.1, 0.15) is 25.3 Å². The lowest BCUT2D eigenvalue weighted by Gasteiger charge is -2.40. The molecule has 1 fully saturated rings. The molecule has 132 valence electrons. The number of esters is 1. The number of nitrogens with zero attached hydrogens (tertiary/aromatic N) is 1. The molecule has 0 spiro atoms. The van der Waals surface area contributed by atoms with Crippen LogP contribution in [-0.2, 0) is 20.9 Å². The van der Waals surface area contributed by atoms with Gasteiger partial charge in [-0.1, -0.05) is 30.3 Å². The molecule has 0 N–H and O–H groups in total. The molecule has 0 bridgehead atoms. The zero-order valence-electron chi connectivity index (χ0n) is 14.3. The second-order valence-electron chi connectivity index (χ2n) is 6.00. The topological polar surface area (TPSA) is 55.8 Å². The molecule has 0 saturated carbocycles. The predicted octanol–water partition coefficient (Wildman–Crippen LogP) is 3.33. The van der Waals surface area contributed by atoms with Gasteiger partial charge >= 0.3 is 12.1 Å². The van der Waals surface area contributed by atoms with E-state index >= 15 is 0 Å². The van der Waals surface area contributed by atoms with Crippen molar-refractivity contribution in [1.29, 1.82) is 0 Å². The molecule has 1 aliphatic heterocycles. The number of benzene rings is 1. The van der Waals surface area contributed by atoms with E-state index in [0.29, 0.717) is 25.4 Å². The van der Waals surface area contributed by atoms with Crippen molar-refractivity contribution < 1.29 is 19.1 Å². The summed E-state index contributed by atoms with van der Waals surface area (Å²) >= 11 is 1.61. The third-order valence-electron chi connectivity index (χ3n) is 4.17. The number of carbonyl (C=O) groups is 2. The standard InChI is InChI=1S/C18H25NO4S/c1-3-22-16(20)18(14-24-2)10-7-11-19(13-18)17(21)23-12-15-8-5-4-6-9-15/h4-6,8-9H,3,7,10-14H2,1-2H3. The molecule has 1 saturated heterocycles. The normalized spacial score (nSPS) is 20.5. The van der Waals surface area contributed by atoms with Crippen LogP contribution in [-0.4, -0.2) is 48.7 Å². The minimum absolute atomic E-state index is 0.208. The van der Waals surface area contributed by atoms with Crippen molar-refractivity contribution >= 4 is 23.8 Å². The molecule has 1 aromatic rings. The Hall–Kier alpha value is -1.69. The molecule has 1 unspecified atom stereocenters. The first-order valence-electron chi connectivity index (χ1n) is 8.23. The lowest BCUT2D eigenvalue weighted by atomic mass is 9.82. The largest absolute Gasteiger partial charge is 0.465 e. The van der Waals surface area contributed by atoms with Gasteiger partial charge in [0.25, 0.3) is 0 Å². The number of carbonyl (C=O) groups excluding carboxylic acids is 2. The van der Waals surface area contributed by atoms with Crippen molar-refractivity contribution in [3.63, 3.8) is 0 Å². The molecular weight excluding hydrogens is 326 g/mol. The lowest BCUT2D eigenvalue weighted by molar-refractivity contribution is -0.156. The van der Waals surface area contributed by atoms with Gasteiger partial charge in [0.2, 0.25) is 0 Å². The van der Waals surface area contributed by atoms with Crippen LogP contribution in [0.15, 0.2) is 30.3 Å². The summed E-state index contributed by atoms with van der Waals surface area (Å²) in [5.74, 6) is 0.439. The Morgan fingerprint density at radius 1 is 1.25 bits per heavy atom. The Labute approximate surface area is 147 Å². The van der Waals surface area contributed by atoms with Gasteiger partial charge in [0.1, 0.15) is 6.61 Å². The van der Waals surface area contributed by atoms with Gasteiger partial charge in [-0.05, 0) is 31.6 Å². The summed E-state index contributed by atoms with van der Waals surface area (Å²) in [5, 5.41) is 0. The van der Waals surface area contributed by atoms with E-state index in [1.807, 2.05) is 36.6 Å². The molecule has 24 heavy (non-hydrogen) atoms. The fraction of sp³-hybridized carbons (Fsp3) is 0.556. The second kappa shape index (κ2) is 8.97. The highest BCUT2D eigenvalue weighted by Gasteiger charge is 2.44. The van der Waals surface area contributed by atoms with Crippen LogP contribution in [0.2, 0.25) is 0 Å². The first kappa shape index (κ1) is 18.6. The van der Waals surface area contributed by atoms with Crippen LogP contribution in [0.5, 0.6) is 0 Å². The van der Waals surface area contributed by atoms with E-state index in [9.17, 15) is 9.59 Å². The molecule has 5 nitrogen and oxygen atoms in total. The Kier molecular flexibility index (Phi) is 6.97. The maximum Gasteiger partial charge on any atom is 0.410 e. The van der Waals surface area contributed by atoms with Gasteiger partial charge in [-0.3, -0.25) is 4.79 Å². The highest BCUT2D eigenvalue weighted by molar-refractivity contribution is 7.98. The third-order valence-corrected chi connectivity index (χ3v) is 5.01. The zero-order valence-corrected chi connectivity index (χ0v) is 15.1. The van der Waals surface area contributed by atoms with Gasteiger partial charge in [-0.2, -0.15) is 11.8 Å². The van der Waals surface area contributed by atoms with Crippen LogP contribution < -0.4 is 0 Å². The van der Waals surface area contributed by atoms with Gasteiger partial charge in [0, 0.05) is 18.8 Å². The number of rotatable bonds is 6. The summed E-state index contributed by atoms with van der Waals surface area (Å²) in [7, 11) is 0. The minimum atomic E-state index is -0.626. The maximum absolute atomic E-state index is 12.4. The molecule has 0 radical (unpaired) electrons. The number of piperidine rings is 1. The van der Waals surface area contributed by atoms with E-state index in [-0.39, 0.29) is 18.7 Å². The summed E-state index contributed by atoms with van der Waals surface area (Å²) in [6, 6.07) is 9.58. The fourth-order valence-corrected chi connectivity index (χ4v) is 3.91. The summed E-state index contributed by atoms with van der Waals surface area (Å²) in [5.41, 5.74) is 0.322. The van der Waals surface area contributed by atoms with Gasteiger partial charge in [-0.25, -0.2) is 4.79 Å². The Morgan fingerprint density at radius 2 is 2.00 bits per heavy atom. The summed E-state index contributed by atoms with van der Waals surface area (Å²) < 4.78 is 10.7. The van der Waals surface area contributed by atoms with Crippen molar-refractivity contribution in [3.8, 4) is 0 Å². The van der Waals surface area contributed by atoms with Gasteiger partial charge < -0.3 is 14.4 Å². The summed E-state index contributed by atoms with van der Waals surface area (Å²) in [6.07, 6.45) is 3.12. The molecule has 0 aromatic heterocycles. The van der Waals surface area contributed by atoms with Crippen LogP contribution in [0.4, 0.5) is 4.79 Å². The van der Waals surface area contributed by atoms with Crippen molar-refractivity contribution in [2.24, 2.45) is 5.41 Å². The summed E-state index contributed by atoms with van der Waals surface area (Å²) in [6.45, 7) is 3.38. The van der Waals surface area contributed by atoms with Crippen LogP contribution in [0, 0.1) is 5.41 Å². The van der Waals surface area contributed by atoms with Crippen LogP contribution in [0.25, 0.3) is 0 Å². The first-order chi connectivity index (χ1) is 11.6. The van der Waals surface area contributed by atoms with Gasteiger partial charge in [-0.15, -0.1) is 0 Å². The fourth-order valence-electron chi connectivity index (χ4n) is 3.00. The van der Waals surface area contributed by atoms with Crippen LogP contribution >= 0.6 is 11.8 Å². The zero-order chi connectivity index (χ0) is 17.4. The van der Waals surface area contributed by atoms with Crippen molar-refractivity contribution in [2.75, 3.05) is 31.7 Å². The van der Waals surface area contributed by atoms with Crippen molar-refractivity contribution in [3.05, 3.63) is 35.9 Å². The van der Waals surface area contributed by atoms with E-state index in [4.69, 9.17) is 9.47 Å². The monoisotopic (exact) mass is 351 g/mol. The number of amides is 1. The second-order valence-corrected chi connectivity index (χ2v) is 6.87. The average Bonchev–Trinajstić information content (AvgIpc) is 2.61. The number of hydrogen-bond donors (Lipinski definition) is 0. The van der Waals surface area contributed by atoms with E-state index in [1.54, 1.807) is 23.6 Å². The minimum Gasteiger partial charge on any atom is -0.465 e. The van der Waals surface area contributed by atoms with Crippen molar-refractivity contribution in [1.82, 2.24) is 4.90 Å². The first-order valence-corrected chi connectivity index (χ1v) is 9.62. The smallest absolute Gasteiger partial charge is 0.410 e. The van der Waals surface area contributed by atoms with E-state index in [2.05, 4.69) is 0 Å². The van der Waals surface area contributed by atoms with Crippen molar-refractivity contribution in [2.45, 2.75) is 26.4 Å². The highest BCUT2D eigenvalue weighted by Crippen LogP contribution is 2.34. The third kappa shape index (κ3) is 4.66. The Morgan fingerprint density at radius 3 is 2.67 bits per heavy atom. The highest BCUT2D eigenvalue weighted by atomic mass is 32.2. The molecule has 6 heteroatoms. The molecule has 1 aromatic carbocycles. The van der Waals surface area contributed by atoms with Gasteiger partial charge in [0.15, 0.2) is 0 Å². The number of ether oxygens (including phenoxy) is 2. The molecular formula is C18H25NO4S. The quantitative estimate of drug-likeness (QED) is 0.736. The Balaban J connectivity index is 1.99. The summed E-state index contributed by atoms with van der Waals surface area (Å²) in [4.78, 5) is 26.5. The van der Waals surface area contributed by atoms with Gasteiger partial charge in [0.05, 0.1) is 12.0 Å². The number of hydrogen-bond acceptors (Lipinski definition) is 5. The number of likely N-dealkylation sites (tertiary alicyclic amines) is 1. The van der Waals surface area contributed by atoms with E-state index in [1.165, 1.54) is 0 Å². The molecule has 1 amide bonds. The maximum atomic E-state index is 12.4. The van der Waals surface area contributed by atoms with E-state index in [0.717, 1.165) is 18.4 Å². The predicted molar refractivity (Wildman–Crippen MR) is 94.9 cm³/mol. The Bertz CT molecular complexity index is 547.